The molecule has 2 aromatic rings. The smallest absolute Gasteiger partial charge is 0.124 e. The zero-order chi connectivity index (χ0) is 13.1. The van der Waals surface area contributed by atoms with Gasteiger partial charge in [-0.15, -0.1) is 11.3 Å². The number of rotatable bonds is 4. The van der Waals surface area contributed by atoms with Crippen LogP contribution in [0.1, 0.15) is 29.0 Å². The van der Waals surface area contributed by atoms with Crippen molar-refractivity contribution < 1.29 is 4.74 Å². The number of thiophene rings is 1. The van der Waals surface area contributed by atoms with Crippen LogP contribution in [0.15, 0.2) is 34.1 Å². The summed E-state index contributed by atoms with van der Waals surface area (Å²) in [5, 5.41) is 2.05. The topological polar surface area (TPSA) is 35.2 Å². The molecule has 0 fully saturated rings. The van der Waals surface area contributed by atoms with Gasteiger partial charge in [-0.2, -0.15) is 0 Å². The molecular formula is C14H16BrNOS. The Morgan fingerprint density at radius 3 is 2.72 bits per heavy atom. The van der Waals surface area contributed by atoms with E-state index in [9.17, 15) is 0 Å². The zero-order valence-electron chi connectivity index (χ0n) is 10.4. The Labute approximate surface area is 120 Å². The van der Waals surface area contributed by atoms with E-state index in [1.165, 1.54) is 4.88 Å². The van der Waals surface area contributed by atoms with Crippen LogP contribution in [0.4, 0.5) is 0 Å². The van der Waals surface area contributed by atoms with Crippen LogP contribution in [0.5, 0.6) is 5.75 Å². The fourth-order valence-corrected chi connectivity index (χ4v) is 3.07. The minimum absolute atomic E-state index is 0.0594. The highest BCUT2D eigenvalue weighted by molar-refractivity contribution is 9.10. The Kier molecular flexibility index (Phi) is 4.43. The summed E-state index contributed by atoms with van der Waals surface area (Å²) in [5.74, 6) is 0.916. The molecule has 0 radical (unpaired) electrons. The number of nitrogens with two attached hydrogens (primary N) is 1. The lowest BCUT2D eigenvalue weighted by Crippen LogP contribution is -2.05. The van der Waals surface area contributed by atoms with Crippen molar-refractivity contribution in [3.8, 4) is 5.75 Å². The lowest BCUT2D eigenvalue weighted by atomic mass is 10.1. The van der Waals surface area contributed by atoms with Gasteiger partial charge in [0.1, 0.15) is 12.4 Å². The SMILES string of the molecule is Cc1cc([C@@H](C)N)ccc1OCc1sccc1Br. The standard InChI is InChI=1S/C14H16BrNOS/c1-9-7-11(10(2)16)3-4-13(9)17-8-14-12(15)5-6-18-14/h3-7,10H,8,16H2,1-2H3/t10-/m1/s1. The molecule has 0 aliphatic heterocycles. The second-order valence-electron chi connectivity index (χ2n) is 4.29. The van der Waals surface area contributed by atoms with Gasteiger partial charge in [0.15, 0.2) is 0 Å². The highest BCUT2D eigenvalue weighted by atomic mass is 79.9. The summed E-state index contributed by atoms with van der Waals surface area (Å²) in [4.78, 5) is 1.20. The normalized spacial score (nSPS) is 12.4. The molecule has 0 amide bonds. The van der Waals surface area contributed by atoms with E-state index in [0.717, 1.165) is 21.3 Å². The Hall–Kier alpha value is -0.840. The molecule has 2 rings (SSSR count). The minimum atomic E-state index is 0.0594. The van der Waals surface area contributed by atoms with Crippen molar-refractivity contribution in [2.24, 2.45) is 5.73 Å². The van der Waals surface area contributed by atoms with Gasteiger partial charge >= 0.3 is 0 Å². The summed E-state index contributed by atoms with van der Waals surface area (Å²) >= 11 is 5.19. The summed E-state index contributed by atoms with van der Waals surface area (Å²) in [6, 6.07) is 8.20. The first-order valence-electron chi connectivity index (χ1n) is 5.78. The second kappa shape index (κ2) is 5.87. The van der Waals surface area contributed by atoms with Crippen molar-refractivity contribution in [3.05, 3.63) is 50.1 Å². The molecule has 4 heteroatoms. The Morgan fingerprint density at radius 2 is 2.17 bits per heavy atom. The average Bonchev–Trinajstić information content (AvgIpc) is 2.73. The fourth-order valence-electron chi connectivity index (χ4n) is 1.69. The molecule has 1 atom stereocenters. The van der Waals surface area contributed by atoms with Crippen molar-refractivity contribution in [1.82, 2.24) is 0 Å². The lowest BCUT2D eigenvalue weighted by Gasteiger charge is -2.12. The monoisotopic (exact) mass is 325 g/mol. The maximum atomic E-state index is 5.86. The van der Waals surface area contributed by atoms with Gasteiger partial charge in [-0.1, -0.05) is 12.1 Å². The molecule has 0 spiro atoms. The third-order valence-electron chi connectivity index (χ3n) is 2.77. The predicted octanol–water partition coefficient (Wildman–Crippen LogP) is 4.42. The highest BCUT2D eigenvalue weighted by Gasteiger charge is 2.06. The van der Waals surface area contributed by atoms with Crippen molar-refractivity contribution >= 4 is 27.3 Å². The predicted molar refractivity (Wildman–Crippen MR) is 80.1 cm³/mol. The summed E-state index contributed by atoms with van der Waals surface area (Å²) in [5.41, 5.74) is 8.12. The molecule has 96 valence electrons. The van der Waals surface area contributed by atoms with Crippen molar-refractivity contribution in [3.63, 3.8) is 0 Å². The molecule has 1 heterocycles. The first kappa shape index (κ1) is 13.6. The molecule has 1 aromatic carbocycles. The molecule has 0 aliphatic rings. The highest BCUT2D eigenvalue weighted by Crippen LogP contribution is 2.26. The maximum absolute atomic E-state index is 5.86. The summed E-state index contributed by atoms with van der Waals surface area (Å²) in [6.07, 6.45) is 0. The Bertz CT molecular complexity index is 536. The molecule has 1 aromatic heterocycles. The number of hydrogen-bond donors (Lipinski definition) is 1. The quantitative estimate of drug-likeness (QED) is 0.903. The molecule has 0 bridgehead atoms. The van der Waals surface area contributed by atoms with Gasteiger partial charge in [0.2, 0.25) is 0 Å². The number of benzene rings is 1. The molecule has 0 unspecified atom stereocenters. The summed E-state index contributed by atoms with van der Waals surface area (Å²) in [6.45, 7) is 4.62. The molecule has 2 N–H and O–H groups in total. The van der Waals surface area contributed by atoms with Crippen molar-refractivity contribution in [2.45, 2.75) is 26.5 Å². The van der Waals surface area contributed by atoms with Gasteiger partial charge < -0.3 is 10.5 Å². The number of halogens is 1. The molecule has 2 nitrogen and oxygen atoms in total. The molecule has 0 saturated heterocycles. The van der Waals surface area contributed by atoms with Crippen LogP contribution < -0.4 is 10.5 Å². The van der Waals surface area contributed by atoms with E-state index in [1.54, 1.807) is 11.3 Å². The van der Waals surface area contributed by atoms with Gasteiger partial charge in [0, 0.05) is 10.5 Å². The minimum Gasteiger partial charge on any atom is -0.488 e. The van der Waals surface area contributed by atoms with Gasteiger partial charge in [-0.05, 0) is 58.4 Å². The maximum Gasteiger partial charge on any atom is 0.124 e. The fraction of sp³-hybridized carbons (Fsp3) is 0.286. The van der Waals surface area contributed by atoms with Crippen LogP contribution in [0.25, 0.3) is 0 Å². The van der Waals surface area contributed by atoms with E-state index in [1.807, 2.05) is 32.0 Å². The summed E-state index contributed by atoms with van der Waals surface area (Å²) in [7, 11) is 0. The number of aryl methyl sites for hydroxylation is 1. The van der Waals surface area contributed by atoms with Crippen LogP contribution in [0, 0.1) is 6.92 Å². The number of ether oxygens (including phenoxy) is 1. The number of hydrogen-bond acceptors (Lipinski definition) is 3. The summed E-state index contributed by atoms with van der Waals surface area (Å²) < 4.78 is 6.94. The molecule has 18 heavy (non-hydrogen) atoms. The second-order valence-corrected chi connectivity index (χ2v) is 6.15. The van der Waals surface area contributed by atoms with E-state index < -0.39 is 0 Å². The van der Waals surface area contributed by atoms with Gasteiger partial charge in [-0.3, -0.25) is 0 Å². The van der Waals surface area contributed by atoms with Crippen LogP contribution in [0.3, 0.4) is 0 Å². The first-order valence-corrected chi connectivity index (χ1v) is 7.46. The van der Waals surface area contributed by atoms with E-state index in [-0.39, 0.29) is 6.04 Å². The Balaban J connectivity index is 2.08. The Morgan fingerprint density at radius 1 is 1.39 bits per heavy atom. The molecule has 0 aliphatic carbocycles. The van der Waals surface area contributed by atoms with E-state index >= 15 is 0 Å². The van der Waals surface area contributed by atoms with Gasteiger partial charge in [0.25, 0.3) is 0 Å². The van der Waals surface area contributed by atoms with Crippen molar-refractivity contribution in [2.75, 3.05) is 0 Å². The largest absolute Gasteiger partial charge is 0.488 e. The van der Waals surface area contributed by atoms with Crippen molar-refractivity contribution in [1.29, 1.82) is 0 Å². The van der Waals surface area contributed by atoms with E-state index in [4.69, 9.17) is 10.5 Å². The van der Waals surface area contributed by atoms with Crippen LogP contribution in [0.2, 0.25) is 0 Å². The van der Waals surface area contributed by atoms with Gasteiger partial charge in [0.05, 0.1) is 4.88 Å². The average molecular weight is 326 g/mol. The zero-order valence-corrected chi connectivity index (χ0v) is 12.8. The van der Waals surface area contributed by atoms with Crippen LogP contribution >= 0.6 is 27.3 Å². The first-order chi connectivity index (χ1) is 8.58. The molecule has 0 saturated carbocycles. The lowest BCUT2D eigenvalue weighted by molar-refractivity contribution is 0.307. The van der Waals surface area contributed by atoms with Crippen LogP contribution in [-0.2, 0) is 6.61 Å². The molecular weight excluding hydrogens is 310 g/mol. The van der Waals surface area contributed by atoms with E-state index in [2.05, 4.69) is 27.4 Å². The third kappa shape index (κ3) is 3.13. The van der Waals surface area contributed by atoms with Gasteiger partial charge in [-0.25, -0.2) is 0 Å². The van der Waals surface area contributed by atoms with Crippen LogP contribution in [-0.4, -0.2) is 0 Å². The van der Waals surface area contributed by atoms with E-state index in [0.29, 0.717) is 6.61 Å². The third-order valence-corrected chi connectivity index (χ3v) is 4.67.